The first-order valence-electron chi connectivity index (χ1n) is 8.03. The third-order valence-corrected chi connectivity index (χ3v) is 4.02. The summed E-state index contributed by atoms with van der Waals surface area (Å²) in [6.07, 6.45) is 5.44. The number of benzene rings is 2. The predicted octanol–water partition coefficient (Wildman–Crippen LogP) is 3.82. The number of carbonyl (C=O) groups excluding carboxylic acids is 2. The number of anilines is 2. The summed E-state index contributed by atoms with van der Waals surface area (Å²) in [5.74, 6) is -0.435. The van der Waals surface area contributed by atoms with Crippen molar-refractivity contribution < 1.29 is 9.59 Å². The first-order chi connectivity index (χ1) is 12.6. The normalized spacial score (nSPS) is 10.3. The molecular formula is C19H17ClN4O2. The fourth-order valence-electron chi connectivity index (χ4n) is 2.37. The topological polar surface area (TPSA) is 76.0 Å². The number of halogens is 1. The second-order valence-corrected chi connectivity index (χ2v) is 6.02. The summed E-state index contributed by atoms with van der Waals surface area (Å²) in [4.78, 5) is 28.4. The van der Waals surface area contributed by atoms with E-state index in [1.54, 1.807) is 67.3 Å². The third-order valence-electron chi connectivity index (χ3n) is 3.69. The van der Waals surface area contributed by atoms with Crippen LogP contribution in [0.1, 0.15) is 16.8 Å². The van der Waals surface area contributed by atoms with Gasteiger partial charge in [0.1, 0.15) is 0 Å². The van der Waals surface area contributed by atoms with E-state index in [4.69, 9.17) is 11.6 Å². The van der Waals surface area contributed by atoms with Crippen molar-refractivity contribution in [3.8, 4) is 0 Å². The van der Waals surface area contributed by atoms with Crippen molar-refractivity contribution in [1.29, 1.82) is 0 Å². The number of nitrogens with one attached hydrogen (secondary N) is 2. The number of hydrogen-bond acceptors (Lipinski definition) is 3. The Labute approximate surface area is 155 Å². The van der Waals surface area contributed by atoms with E-state index in [2.05, 4.69) is 15.6 Å². The van der Waals surface area contributed by atoms with Crippen molar-refractivity contribution in [2.45, 2.75) is 13.0 Å². The number of amides is 2. The third kappa shape index (κ3) is 4.70. The molecule has 0 saturated heterocycles. The lowest BCUT2D eigenvalue weighted by atomic mass is 10.1. The molecule has 1 heterocycles. The molecule has 0 unspecified atom stereocenters. The summed E-state index contributed by atoms with van der Waals surface area (Å²) in [7, 11) is 0. The summed E-state index contributed by atoms with van der Waals surface area (Å²) in [6, 6.07) is 13.8. The molecule has 0 atom stereocenters. The Bertz CT molecular complexity index is 909. The van der Waals surface area contributed by atoms with Crippen LogP contribution in [-0.2, 0) is 11.3 Å². The first kappa shape index (κ1) is 17.7. The molecule has 2 N–H and O–H groups in total. The van der Waals surface area contributed by atoms with Gasteiger partial charge in [-0.25, -0.2) is 4.98 Å². The SMILES string of the molecule is O=C(CCn1ccnc1)Nc1cccc(C(=O)Nc2ccccc2Cl)c1. The molecule has 7 heteroatoms. The first-order valence-corrected chi connectivity index (χ1v) is 8.41. The van der Waals surface area contributed by atoms with Crippen molar-refractivity contribution >= 4 is 34.8 Å². The number of rotatable bonds is 6. The van der Waals surface area contributed by atoms with Crippen LogP contribution >= 0.6 is 11.6 Å². The molecule has 0 fully saturated rings. The maximum absolute atomic E-state index is 12.4. The number of carbonyl (C=O) groups is 2. The smallest absolute Gasteiger partial charge is 0.255 e. The average molecular weight is 369 g/mol. The molecule has 132 valence electrons. The Morgan fingerprint density at radius 1 is 1.08 bits per heavy atom. The van der Waals surface area contributed by atoms with Gasteiger partial charge in [0.2, 0.25) is 5.91 Å². The van der Waals surface area contributed by atoms with Gasteiger partial charge in [0, 0.05) is 36.6 Å². The summed E-state index contributed by atoms with van der Waals surface area (Å²) in [5.41, 5.74) is 1.53. The van der Waals surface area contributed by atoms with Gasteiger partial charge in [-0.2, -0.15) is 0 Å². The van der Waals surface area contributed by atoms with Crippen LogP contribution in [0.3, 0.4) is 0 Å². The molecule has 0 spiro atoms. The monoisotopic (exact) mass is 368 g/mol. The van der Waals surface area contributed by atoms with Gasteiger partial charge < -0.3 is 15.2 Å². The highest BCUT2D eigenvalue weighted by atomic mass is 35.5. The number of nitrogens with zero attached hydrogens (tertiary/aromatic N) is 2. The van der Waals surface area contributed by atoms with Gasteiger partial charge in [-0.3, -0.25) is 9.59 Å². The Balaban J connectivity index is 1.61. The lowest BCUT2D eigenvalue weighted by molar-refractivity contribution is -0.116. The fraction of sp³-hybridized carbons (Fsp3) is 0.105. The van der Waals surface area contributed by atoms with Crippen LogP contribution in [0, 0.1) is 0 Å². The van der Waals surface area contributed by atoms with E-state index in [1.807, 2.05) is 4.57 Å². The standard InChI is InChI=1S/C19H17ClN4O2/c20-16-6-1-2-7-17(16)23-19(26)14-4-3-5-15(12-14)22-18(25)8-10-24-11-9-21-13-24/h1-7,9,11-13H,8,10H2,(H,22,25)(H,23,26). The number of hydrogen-bond donors (Lipinski definition) is 2. The average Bonchev–Trinajstić information content (AvgIpc) is 3.16. The minimum Gasteiger partial charge on any atom is -0.337 e. The van der Waals surface area contributed by atoms with Gasteiger partial charge in [0.25, 0.3) is 5.91 Å². The van der Waals surface area contributed by atoms with E-state index in [-0.39, 0.29) is 11.8 Å². The number of imidazole rings is 1. The van der Waals surface area contributed by atoms with Gasteiger partial charge in [-0.15, -0.1) is 0 Å². The molecule has 2 aromatic carbocycles. The van der Waals surface area contributed by atoms with Crippen molar-refractivity contribution in [3.05, 3.63) is 77.8 Å². The zero-order valence-electron chi connectivity index (χ0n) is 13.9. The van der Waals surface area contributed by atoms with E-state index in [9.17, 15) is 9.59 Å². The van der Waals surface area contributed by atoms with Gasteiger partial charge in [-0.05, 0) is 30.3 Å². The maximum atomic E-state index is 12.4. The highest BCUT2D eigenvalue weighted by Crippen LogP contribution is 2.21. The van der Waals surface area contributed by atoms with E-state index >= 15 is 0 Å². The molecule has 0 aliphatic carbocycles. The zero-order valence-corrected chi connectivity index (χ0v) is 14.6. The summed E-state index contributed by atoms with van der Waals surface area (Å²) < 4.78 is 1.83. The molecule has 0 saturated carbocycles. The van der Waals surface area contributed by atoms with Crippen LogP contribution in [0.15, 0.2) is 67.3 Å². The molecule has 2 amide bonds. The Morgan fingerprint density at radius 3 is 2.69 bits per heavy atom. The number of aromatic nitrogens is 2. The fourth-order valence-corrected chi connectivity index (χ4v) is 2.55. The van der Waals surface area contributed by atoms with Crippen LogP contribution in [0.2, 0.25) is 5.02 Å². The van der Waals surface area contributed by atoms with E-state index in [0.29, 0.717) is 34.9 Å². The molecule has 0 aliphatic rings. The molecule has 26 heavy (non-hydrogen) atoms. The molecule has 3 rings (SSSR count). The quantitative estimate of drug-likeness (QED) is 0.694. The second-order valence-electron chi connectivity index (χ2n) is 5.61. The molecule has 3 aromatic rings. The molecule has 6 nitrogen and oxygen atoms in total. The van der Waals surface area contributed by atoms with Crippen molar-refractivity contribution in [2.24, 2.45) is 0 Å². The summed E-state index contributed by atoms with van der Waals surface area (Å²) >= 11 is 6.05. The summed E-state index contributed by atoms with van der Waals surface area (Å²) in [5, 5.41) is 6.02. The van der Waals surface area contributed by atoms with Crippen LogP contribution in [0.4, 0.5) is 11.4 Å². The van der Waals surface area contributed by atoms with Gasteiger partial charge >= 0.3 is 0 Å². The van der Waals surface area contributed by atoms with Crippen molar-refractivity contribution in [2.75, 3.05) is 10.6 Å². The highest BCUT2D eigenvalue weighted by molar-refractivity contribution is 6.33. The minimum absolute atomic E-state index is 0.137. The van der Waals surface area contributed by atoms with Crippen molar-refractivity contribution in [1.82, 2.24) is 9.55 Å². The molecule has 0 bridgehead atoms. The highest BCUT2D eigenvalue weighted by Gasteiger charge is 2.10. The van der Waals surface area contributed by atoms with Gasteiger partial charge in [0.05, 0.1) is 17.0 Å². The van der Waals surface area contributed by atoms with Gasteiger partial charge in [-0.1, -0.05) is 29.8 Å². The molecular weight excluding hydrogens is 352 g/mol. The number of aryl methyl sites for hydroxylation is 1. The lowest BCUT2D eigenvalue weighted by Crippen LogP contribution is -2.16. The minimum atomic E-state index is -0.299. The van der Waals surface area contributed by atoms with Crippen LogP contribution < -0.4 is 10.6 Å². The van der Waals surface area contributed by atoms with Crippen LogP contribution in [-0.4, -0.2) is 21.4 Å². The Hall–Kier alpha value is -3.12. The van der Waals surface area contributed by atoms with Crippen LogP contribution in [0.5, 0.6) is 0 Å². The van der Waals surface area contributed by atoms with Gasteiger partial charge in [0.15, 0.2) is 0 Å². The van der Waals surface area contributed by atoms with E-state index in [0.717, 1.165) is 0 Å². The van der Waals surface area contributed by atoms with E-state index in [1.165, 1.54) is 0 Å². The second kappa shape index (κ2) is 8.31. The zero-order chi connectivity index (χ0) is 18.4. The lowest BCUT2D eigenvalue weighted by Gasteiger charge is -2.09. The maximum Gasteiger partial charge on any atom is 0.255 e. The Kier molecular flexibility index (Phi) is 5.66. The molecule has 1 aromatic heterocycles. The largest absolute Gasteiger partial charge is 0.337 e. The molecule has 0 aliphatic heterocycles. The Morgan fingerprint density at radius 2 is 1.92 bits per heavy atom. The summed E-state index contributed by atoms with van der Waals surface area (Å²) in [6.45, 7) is 0.540. The molecule has 0 radical (unpaired) electrons. The van der Waals surface area contributed by atoms with Crippen LogP contribution in [0.25, 0.3) is 0 Å². The van der Waals surface area contributed by atoms with Crippen molar-refractivity contribution in [3.63, 3.8) is 0 Å². The predicted molar refractivity (Wildman–Crippen MR) is 101 cm³/mol. The van der Waals surface area contributed by atoms with E-state index < -0.39 is 0 Å². The number of para-hydroxylation sites is 1.